The van der Waals surface area contributed by atoms with E-state index in [2.05, 4.69) is 0 Å². The Morgan fingerprint density at radius 1 is 1.35 bits per heavy atom. The van der Waals surface area contributed by atoms with Crippen molar-refractivity contribution in [2.45, 2.75) is 13.0 Å². The Balaban J connectivity index is 2.92. The lowest BCUT2D eigenvalue weighted by atomic mass is 10.2. The maximum absolute atomic E-state index is 13.3. The Morgan fingerprint density at radius 3 is 2.45 bits per heavy atom. The number of carbonyl (C=O) groups excluding carboxylic acids is 1. The van der Waals surface area contributed by atoms with Crippen molar-refractivity contribution >= 4 is 23.4 Å². The van der Waals surface area contributed by atoms with Gasteiger partial charge >= 0.3 is 17.7 Å². The third kappa shape index (κ3) is 3.60. The van der Waals surface area contributed by atoms with E-state index in [0.29, 0.717) is 6.07 Å². The zero-order chi connectivity index (χ0) is 15.4. The lowest BCUT2D eigenvalue weighted by molar-refractivity contribution is -0.387. The van der Waals surface area contributed by atoms with Crippen molar-refractivity contribution in [3.63, 3.8) is 0 Å². The lowest BCUT2D eigenvalue weighted by Gasteiger charge is -2.11. The van der Waals surface area contributed by atoms with Crippen LogP contribution in [0.3, 0.4) is 0 Å². The van der Waals surface area contributed by atoms with E-state index in [4.69, 9.17) is 5.11 Å². The first-order chi connectivity index (χ1) is 9.22. The fourth-order valence-electron chi connectivity index (χ4n) is 1.19. The first kappa shape index (κ1) is 15.3. The summed E-state index contributed by atoms with van der Waals surface area (Å²) in [4.78, 5) is 31.2. The normalized spacial score (nSPS) is 11.6. The molecule has 0 fully saturated rings. The molecule has 20 heavy (non-hydrogen) atoms. The number of nitro benzene ring substituents is 1. The van der Waals surface area contributed by atoms with Crippen LogP contribution in [0.2, 0.25) is 0 Å². The topological polar surface area (TPSA) is 122 Å². The highest BCUT2D eigenvalue weighted by atomic mass is 19.1. The number of urea groups is 1. The van der Waals surface area contributed by atoms with Gasteiger partial charge in [0.2, 0.25) is 5.82 Å². The van der Waals surface area contributed by atoms with Crippen LogP contribution in [0, 0.1) is 21.7 Å². The molecule has 0 radical (unpaired) electrons. The second kappa shape index (κ2) is 5.91. The molecule has 0 unspecified atom stereocenters. The van der Waals surface area contributed by atoms with Gasteiger partial charge in [-0.25, -0.2) is 9.18 Å². The number of rotatable bonds is 4. The molecule has 8 nitrogen and oxygen atoms in total. The second-order valence-electron chi connectivity index (χ2n) is 3.70. The fraction of sp³-hybridized carbons (Fsp3) is 0.200. The third-order valence-corrected chi connectivity index (χ3v) is 2.20. The van der Waals surface area contributed by atoms with Crippen molar-refractivity contribution in [1.29, 1.82) is 0 Å². The number of halogens is 2. The molecule has 1 rings (SSSR count). The quantitative estimate of drug-likeness (QED) is 0.572. The third-order valence-electron chi connectivity index (χ3n) is 2.20. The number of nitro groups is 1. The Morgan fingerprint density at radius 2 is 1.95 bits per heavy atom. The van der Waals surface area contributed by atoms with Crippen LogP contribution in [0.1, 0.15) is 6.92 Å². The average molecular weight is 289 g/mol. The number of benzene rings is 1. The number of aliphatic carboxylic acids is 1. The lowest BCUT2D eigenvalue weighted by Crippen LogP contribution is -2.41. The summed E-state index contributed by atoms with van der Waals surface area (Å²) in [7, 11) is 0. The number of anilines is 1. The van der Waals surface area contributed by atoms with Gasteiger partial charge in [0.1, 0.15) is 11.9 Å². The van der Waals surface area contributed by atoms with E-state index in [9.17, 15) is 28.5 Å². The van der Waals surface area contributed by atoms with Crippen LogP contribution in [0.25, 0.3) is 0 Å². The molecule has 0 saturated carbocycles. The summed E-state index contributed by atoms with van der Waals surface area (Å²) in [5.74, 6) is -3.95. The predicted molar refractivity (Wildman–Crippen MR) is 62.3 cm³/mol. The maximum Gasteiger partial charge on any atom is 0.325 e. The molecule has 1 aromatic carbocycles. The average Bonchev–Trinajstić information content (AvgIpc) is 2.31. The monoisotopic (exact) mass is 289 g/mol. The maximum atomic E-state index is 13.3. The van der Waals surface area contributed by atoms with Gasteiger partial charge < -0.3 is 15.7 Å². The Labute approximate surface area is 110 Å². The molecule has 10 heteroatoms. The minimum absolute atomic E-state index is 0.244. The molecule has 0 spiro atoms. The van der Waals surface area contributed by atoms with E-state index in [-0.39, 0.29) is 6.07 Å². The molecule has 0 aromatic heterocycles. The molecule has 1 atom stereocenters. The summed E-state index contributed by atoms with van der Waals surface area (Å²) in [5, 5.41) is 22.8. The molecule has 108 valence electrons. The van der Waals surface area contributed by atoms with Crippen LogP contribution in [0.15, 0.2) is 12.1 Å². The van der Waals surface area contributed by atoms with Gasteiger partial charge in [-0.15, -0.1) is 0 Å². The van der Waals surface area contributed by atoms with Gasteiger partial charge in [-0.05, 0) is 6.92 Å². The highest BCUT2D eigenvalue weighted by molar-refractivity contribution is 5.92. The summed E-state index contributed by atoms with van der Waals surface area (Å²) in [6, 6.07) is -1.61. The van der Waals surface area contributed by atoms with Gasteiger partial charge in [0, 0.05) is 12.1 Å². The number of nitrogens with zero attached hydrogens (tertiary/aromatic N) is 1. The molecular weight excluding hydrogens is 280 g/mol. The molecule has 1 aromatic rings. The van der Waals surface area contributed by atoms with Crippen LogP contribution in [0.5, 0.6) is 0 Å². The first-order valence-corrected chi connectivity index (χ1v) is 5.16. The van der Waals surface area contributed by atoms with Crippen LogP contribution >= 0.6 is 0 Å². The summed E-state index contributed by atoms with van der Waals surface area (Å²) >= 11 is 0. The number of carbonyl (C=O) groups is 2. The van der Waals surface area contributed by atoms with Gasteiger partial charge in [0.25, 0.3) is 0 Å². The summed E-state index contributed by atoms with van der Waals surface area (Å²) in [6.45, 7) is 1.16. The number of carboxylic acids is 1. The Bertz CT molecular complexity index is 578. The molecule has 0 bridgehead atoms. The van der Waals surface area contributed by atoms with Crippen molar-refractivity contribution in [1.82, 2.24) is 5.32 Å². The van der Waals surface area contributed by atoms with Crippen molar-refractivity contribution in [3.05, 3.63) is 33.9 Å². The fourth-order valence-corrected chi connectivity index (χ4v) is 1.19. The van der Waals surface area contributed by atoms with Gasteiger partial charge in [0.05, 0.1) is 10.6 Å². The minimum Gasteiger partial charge on any atom is -0.480 e. The Kier molecular flexibility index (Phi) is 4.51. The zero-order valence-electron chi connectivity index (χ0n) is 10.0. The minimum atomic E-state index is -1.39. The van der Waals surface area contributed by atoms with Crippen LogP contribution in [-0.2, 0) is 4.79 Å². The van der Waals surface area contributed by atoms with E-state index >= 15 is 0 Å². The number of hydrogen-bond acceptors (Lipinski definition) is 4. The van der Waals surface area contributed by atoms with E-state index < -0.39 is 46.0 Å². The molecule has 3 N–H and O–H groups in total. The SMILES string of the molecule is C[C@@H](NC(=O)Nc1cc([N+](=O)[O-])c(F)cc1F)C(=O)O. The summed E-state index contributed by atoms with van der Waals surface area (Å²) < 4.78 is 26.4. The smallest absolute Gasteiger partial charge is 0.325 e. The number of carboxylic acid groups (broad SMARTS) is 1. The number of hydrogen-bond donors (Lipinski definition) is 3. The van der Waals surface area contributed by atoms with Gasteiger partial charge in [-0.1, -0.05) is 0 Å². The van der Waals surface area contributed by atoms with Crippen LogP contribution < -0.4 is 10.6 Å². The summed E-state index contributed by atoms with van der Waals surface area (Å²) in [6.07, 6.45) is 0. The first-order valence-electron chi connectivity index (χ1n) is 5.16. The van der Waals surface area contributed by atoms with Gasteiger partial charge in [-0.2, -0.15) is 4.39 Å². The largest absolute Gasteiger partial charge is 0.480 e. The number of nitrogens with one attached hydrogen (secondary N) is 2. The zero-order valence-corrected chi connectivity index (χ0v) is 10.0. The van der Waals surface area contributed by atoms with E-state index in [1.54, 1.807) is 0 Å². The predicted octanol–water partition coefficient (Wildman–Crippen LogP) is 1.47. The molecule has 0 aliphatic rings. The van der Waals surface area contributed by atoms with E-state index in [1.165, 1.54) is 0 Å². The second-order valence-corrected chi connectivity index (χ2v) is 3.70. The molecule has 0 saturated heterocycles. The van der Waals surface area contributed by atoms with E-state index in [1.807, 2.05) is 10.6 Å². The van der Waals surface area contributed by atoms with Crippen molar-refractivity contribution in [2.24, 2.45) is 0 Å². The van der Waals surface area contributed by atoms with Gasteiger partial charge in [0.15, 0.2) is 0 Å². The van der Waals surface area contributed by atoms with Crippen molar-refractivity contribution < 1.29 is 28.4 Å². The van der Waals surface area contributed by atoms with Gasteiger partial charge in [-0.3, -0.25) is 14.9 Å². The van der Waals surface area contributed by atoms with Crippen LogP contribution in [-0.4, -0.2) is 28.1 Å². The highest BCUT2D eigenvalue weighted by Gasteiger charge is 2.20. The van der Waals surface area contributed by atoms with E-state index in [0.717, 1.165) is 6.92 Å². The number of amides is 2. The Hall–Kier alpha value is -2.78. The molecule has 0 heterocycles. The molecule has 2 amide bonds. The van der Waals surface area contributed by atoms with Crippen molar-refractivity contribution in [3.8, 4) is 0 Å². The van der Waals surface area contributed by atoms with Crippen molar-refractivity contribution in [2.75, 3.05) is 5.32 Å². The summed E-state index contributed by atoms with van der Waals surface area (Å²) in [5.41, 5.74) is -1.67. The highest BCUT2D eigenvalue weighted by Crippen LogP contribution is 2.24. The molecular formula is C10H9F2N3O5. The molecule has 0 aliphatic carbocycles. The standard InChI is InChI=1S/C10H9F2N3O5/c1-4(9(16)17)13-10(18)14-7-3-8(15(19)20)6(12)2-5(7)11/h2-4H,1H3,(H,16,17)(H2,13,14,18)/t4-/m1/s1. The molecule has 0 aliphatic heterocycles. The van der Waals surface area contributed by atoms with Crippen LogP contribution in [0.4, 0.5) is 25.0 Å².